The van der Waals surface area contributed by atoms with E-state index in [4.69, 9.17) is 16.3 Å². The molecule has 5 aromatic rings. The number of aromatic hydroxyl groups is 1. The third-order valence-electron chi connectivity index (χ3n) is 9.59. The first-order chi connectivity index (χ1) is 25.3. The fourth-order valence-electron chi connectivity index (χ4n) is 6.86. The van der Waals surface area contributed by atoms with Crippen LogP contribution >= 0.6 is 11.6 Å². The molecule has 1 aliphatic heterocycles. The van der Waals surface area contributed by atoms with Gasteiger partial charge in [-0.15, -0.1) is 15.0 Å². The highest BCUT2D eigenvalue weighted by molar-refractivity contribution is 6.33. The fourth-order valence-corrected chi connectivity index (χ4v) is 7.08. The van der Waals surface area contributed by atoms with E-state index in [0.717, 1.165) is 18.2 Å². The summed E-state index contributed by atoms with van der Waals surface area (Å²) in [5.41, 5.74) is -0.0182. The van der Waals surface area contributed by atoms with E-state index in [-0.39, 0.29) is 76.5 Å². The van der Waals surface area contributed by atoms with Crippen LogP contribution in [0.4, 0.5) is 24.5 Å². The number of aryl methyl sites for hydroxylation is 1. The Morgan fingerprint density at radius 1 is 1.08 bits per heavy atom. The molecule has 5 heterocycles. The Bertz CT molecular complexity index is 2330. The van der Waals surface area contributed by atoms with Gasteiger partial charge >= 0.3 is 6.18 Å². The van der Waals surface area contributed by atoms with Gasteiger partial charge in [0.2, 0.25) is 17.2 Å². The molecule has 1 aromatic carbocycles. The van der Waals surface area contributed by atoms with Crippen molar-refractivity contribution in [1.29, 1.82) is 0 Å². The number of hydrogen-bond donors (Lipinski definition) is 2. The van der Waals surface area contributed by atoms with Crippen LogP contribution in [-0.2, 0) is 23.9 Å². The number of piperazine rings is 1. The van der Waals surface area contributed by atoms with Crippen LogP contribution in [0.5, 0.6) is 11.6 Å². The van der Waals surface area contributed by atoms with Crippen molar-refractivity contribution in [3.05, 3.63) is 80.7 Å². The van der Waals surface area contributed by atoms with Gasteiger partial charge in [0.25, 0.3) is 5.91 Å². The van der Waals surface area contributed by atoms with Crippen LogP contribution in [-0.4, -0.2) is 88.6 Å². The molecule has 2 aliphatic rings. The Kier molecular flexibility index (Phi) is 9.17. The second-order valence-corrected chi connectivity index (χ2v) is 13.0. The Hall–Kier alpha value is -5.78. The largest absolute Gasteiger partial charge is 0.504 e. The van der Waals surface area contributed by atoms with Gasteiger partial charge in [-0.1, -0.05) is 18.5 Å². The highest BCUT2D eigenvalue weighted by atomic mass is 35.5. The number of pyridine rings is 2. The summed E-state index contributed by atoms with van der Waals surface area (Å²) >= 11 is 6.15. The van der Waals surface area contributed by atoms with E-state index >= 15 is 0 Å². The van der Waals surface area contributed by atoms with E-state index in [0.29, 0.717) is 29.9 Å². The first-order valence-corrected chi connectivity index (χ1v) is 17.0. The quantitative estimate of drug-likeness (QED) is 0.233. The van der Waals surface area contributed by atoms with Crippen molar-refractivity contribution in [2.75, 3.05) is 30.4 Å². The maximum atomic E-state index is 14.5. The van der Waals surface area contributed by atoms with E-state index in [1.165, 1.54) is 24.4 Å². The van der Waals surface area contributed by atoms with E-state index in [9.17, 15) is 32.7 Å². The number of nitrogens with zero attached hydrogens (tertiary/aromatic N) is 9. The Morgan fingerprint density at radius 3 is 2.53 bits per heavy atom. The lowest BCUT2D eigenvalue weighted by atomic mass is 9.81. The maximum Gasteiger partial charge on any atom is 0.416 e. The number of nitrogens with one attached hydrogen (secondary N) is 1. The molecule has 1 saturated carbocycles. The number of carbonyl (C=O) groups is 2. The second kappa shape index (κ2) is 13.6. The van der Waals surface area contributed by atoms with Gasteiger partial charge in [0.15, 0.2) is 22.6 Å². The monoisotopic (exact) mass is 752 g/mol. The number of anilines is 2. The SMILES string of the molecule is CCc1c(N2CCN(C(=O)c3ncnc(C)c3O)[C@H]3CC[C@@H]32)c(=O)c2nn(-c3ccnc(OC)c3)nc2n1CC(=O)Nc1ccc(C(F)(F)F)cc1Cl. The summed E-state index contributed by atoms with van der Waals surface area (Å²) in [5.74, 6) is -1.10. The van der Waals surface area contributed by atoms with Crippen LogP contribution in [0.2, 0.25) is 5.02 Å². The van der Waals surface area contributed by atoms with Gasteiger partial charge in [0.1, 0.15) is 18.6 Å². The van der Waals surface area contributed by atoms with Crippen LogP contribution in [0.15, 0.2) is 47.7 Å². The average Bonchev–Trinajstić information content (AvgIpc) is 3.57. The summed E-state index contributed by atoms with van der Waals surface area (Å²) in [6, 6.07) is 5.22. The summed E-state index contributed by atoms with van der Waals surface area (Å²) in [4.78, 5) is 58.7. The number of methoxy groups -OCH3 is 1. The molecule has 53 heavy (non-hydrogen) atoms. The molecule has 1 aliphatic carbocycles. The van der Waals surface area contributed by atoms with Crippen molar-refractivity contribution in [2.45, 2.75) is 57.9 Å². The van der Waals surface area contributed by atoms with Crippen LogP contribution < -0.4 is 20.4 Å². The van der Waals surface area contributed by atoms with Gasteiger partial charge in [-0.2, -0.15) is 13.2 Å². The smallest absolute Gasteiger partial charge is 0.416 e. The van der Waals surface area contributed by atoms with Crippen LogP contribution in [0.1, 0.15) is 47.2 Å². The topological polar surface area (TPSA) is 173 Å². The van der Waals surface area contributed by atoms with Gasteiger partial charge in [-0.25, -0.2) is 15.0 Å². The van der Waals surface area contributed by atoms with E-state index in [1.54, 1.807) is 28.5 Å². The van der Waals surface area contributed by atoms with Crippen molar-refractivity contribution >= 4 is 46.0 Å². The summed E-state index contributed by atoms with van der Waals surface area (Å²) in [5, 5.41) is 22.0. The molecule has 276 valence electrons. The molecule has 0 radical (unpaired) electrons. The molecule has 2 atom stereocenters. The number of halogens is 4. The number of hydrogen-bond acceptors (Lipinski definition) is 11. The third kappa shape index (κ3) is 6.36. The highest BCUT2D eigenvalue weighted by Gasteiger charge is 2.47. The number of aromatic nitrogens is 7. The molecule has 0 unspecified atom stereocenters. The van der Waals surface area contributed by atoms with E-state index in [1.807, 2.05) is 11.8 Å². The molecule has 2 fully saturated rings. The minimum absolute atomic E-state index is 0.0317. The highest BCUT2D eigenvalue weighted by Crippen LogP contribution is 2.39. The van der Waals surface area contributed by atoms with Crippen molar-refractivity contribution in [1.82, 2.24) is 39.4 Å². The Morgan fingerprint density at radius 2 is 1.85 bits per heavy atom. The first-order valence-electron chi connectivity index (χ1n) is 16.6. The molecular formula is C34H32ClF3N10O5. The van der Waals surface area contributed by atoms with Gasteiger partial charge in [0, 0.05) is 37.1 Å². The van der Waals surface area contributed by atoms with Crippen molar-refractivity contribution in [2.24, 2.45) is 0 Å². The predicted molar refractivity (Wildman–Crippen MR) is 186 cm³/mol. The van der Waals surface area contributed by atoms with Crippen molar-refractivity contribution in [3.8, 4) is 17.3 Å². The molecule has 19 heteroatoms. The predicted octanol–water partition coefficient (Wildman–Crippen LogP) is 4.16. The molecule has 1 saturated heterocycles. The van der Waals surface area contributed by atoms with Gasteiger partial charge in [-0.05, 0) is 50.5 Å². The lowest BCUT2D eigenvalue weighted by Gasteiger charge is -2.54. The second-order valence-electron chi connectivity index (χ2n) is 12.6. The van der Waals surface area contributed by atoms with Crippen molar-refractivity contribution in [3.63, 3.8) is 0 Å². The molecule has 2 amide bonds. The minimum atomic E-state index is -4.63. The number of fused-ring (bicyclic) bond motifs is 2. The lowest BCUT2D eigenvalue weighted by molar-refractivity contribution is -0.137. The fraction of sp³-hybridized carbons (Fsp3) is 0.353. The van der Waals surface area contributed by atoms with Crippen molar-refractivity contribution < 1.29 is 32.6 Å². The standard InChI is InChI=1S/C34H32ClF3N10O5/c1-4-22-29(45-11-12-46(24-8-7-23(24)45)33(52)28-30(50)17(2)40-16-41-28)31(51)27-32(44-48(43-27)19-9-10-39-26(14-19)53-3)47(22)15-25(49)42-21-6-5-18(13-20(21)35)34(36,37)38/h5-6,9-10,13-14,16,23-24,50H,4,7-8,11-12,15H2,1-3H3,(H,42,49)/t23-,24-/m0/s1. The molecule has 0 bridgehead atoms. The summed E-state index contributed by atoms with van der Waals surface area (Å²) in [7, 11) is 1.45. The zero-order chi connectivity index (χ0) is 37.8. The summed E-state index contributed by atoms with van der Waals surface area (Å²) in [6.07, 6.45) is -0.348. The van der Waals surface area contributed by atoms with Gasteiger partial charge in [-0.3, -0.25) is 14.4 Å². The van der Waals surface area contributed by atoms with Gasteiger partial charge < -0.3 is 29.5 Å². The third-order valence-corrected chi connectivity index (χ3v) is 9.90. The number of benzene rings is 1. The summed E-state index contributed by atoms with van der Waals surface area (Å²) < 4.78 is 46.6. The average molecular weight is 753 g/mol. The van der Waals surface area contributed by atoms with Crippen LogP contribution in [0.3, 0.4) is 0 Å². The molecule has 7 rings (SSSR count). The molecule has 15 nitrogen and oxygen atoms in total. The summed E-state index contributed by atoms with van der Waals surface area (Å²) in [6.45, 7) is 3.45. The first kappa shape index (κ1) is 35.6. The lowest BCUT2D eigenvalue weighted by Crippen LogP contribution is -2.67. The molecule has 4 aromatic heterocycles. The number of amides is 2. The Labute approximate surface area is 304 Å². The number of carbonyl (C=O) groups excluding carboxylic acids is 2. The normalized spacial score (nSPS) is 17.0. The number of rotatable bonds is 8. The zero-order valence-electron chi connectivity index (χ0n) is 28.6. The number of alkyl halides is 3. The molecule has 2 N–H and O–H groups in total. The number of ether oxygens (including phenoxy) is 1. The zero-order valence-corrected chi connectivity index (χ0v) is 29.3. The van der Waals surface area contributed by atoms with E-state index < -0.39 is 35.5 Å². The molecular weight excluding hydrogens is 721 g/mol. The van der Waals surface area contributed by atoms with Crippen LogP contribution in [0.25, 0.3) is 16.9 Å². The Balaban J connectivity index is 1.29. The van der Waals surface area contributed by atoms with Gasteiger partial charge in [0.05, 0.1) is 40.8 Å². The minimum Gasteiger partial charge on any atom is -0.504 e. The van der Waals surface area contributed by atoms with Crippen LogP contribution in [0, 0.1) is 6.92 Å². The maximum absolute atomic E-state index is 14.5. The molecule has 0 spiro atoms. The van der Waals surface area contributed by atoms with E-state index in [2.05, 4.69) is 30.5 Å².